The van der Waals surface area contributed by atoms with Crippen LogP contribution in [0.25, 0.3) is 11.3 Å². The van der Waals surface area contributed by atoms with Crippen molar-refractivity contribution in [1.82, 2.24) is 15.0 Å². The summed E-state index contributed by atoms with van der Waals surface area (Å²) < 4.78 is 84.7. The van der Waals surface area contributed by atoms with Crippen LogP contribution in [0, 0.1) is 17.5 Å². The Morgan fingerprint density at radius 3 is 2.58 bits per heavy atom. The Morgan fingerprint density at radius 1 is 1.23 bits per heavy atom. The van der Waals surface area contributed by atoms with Crippen molar-refractivity contribution in [2.45, 2.75) is 43.2 Å². The summed E-state index contributed by atoms with van der Waals surface area (Å²) in [6, 6.07) is 9.76. The van der Waals surface area contributed by atoms with Crippen LogP contribution < -0.4 is 0 Å². The van der Waals surface area contributed by atoms with E-state index >= 15 is 0 Å². The number of thiophene rings is 1. The van der Waals surface area contributed by atoms with Crippen LogP contribution in [0.4, 0.5) is 13.2 Å². The third-order valence-electron chi connectivity index (χ3n) is 6.85. The molecule has 0 radical (unpaired) electrons. The number of benzene rings is 2. The second kappa shape index (κ2) is 13.5. The van der Waals surface area contributed by atoms with Crippen molar-refractivity contribution >= 4 is 44.7 Å². The summed E-state index contributed by atoms with van der Waals surface area (Å²) in [6.07, 6.45) is -6.87. The number of aliphatic hydroxyl groups excluding tert-OH is 2. The average Bonchev–Trinajstić information content (AvgIpc) is 3.66. The molecule has 43 heavy (non-hydrogen) atoms. The van der Waals surface area contributed by atoms with Crippen LogP contribution in [0.1, 0.15) is 25.4 Å². The highest BCUT2D eigenvalue weighted by Gasteiger charge is 2.51. The van der Waals surface area contributed by atoms with Gasteiger partial charge in [0.15, 0.2) is 23.6 Å². The molecule has 0 amide bonds. The Hall–Kier alpha value is -2.69. The topological polar surface area (TPSA) is 116 Å². The molecule has 0 aliphatic carbocycles. The lowest BCUT2D eigenvalue weighted by Crippen LogP contribution is -2.61. The van der Waals surface area contributed by atoms with Gasteiger partial charge in [-0.1, -0.05) is 44.9 Å². The molecule has 6 atom stereocenters. The number of carbonyl (C=O) groups excluding carboxylic acids is 1. The monoisotopic (exact) mass is 704 g/mol. The molecule has 1 saturated heterocycles. The lowest BCUT2D eigenvalue weighted by atomic mass is 9.88. The molecule has 3 heterocycles. The highest BCUT2D eigenvalue weighted by molar-refractivity contribution is 9.10. The van der Waals surface area contributed by atoms with Gasteiger partial charge in [0.05, 0.1) is 32.7 Å². The molecule has 0 saturated carbocycles. The normalized spacial score (nSPS) is 24.3. The number of rotatable bonds is 10. The molecule has 2 N–H and O–H groups in total. The van der Waals surface area contributed by atoms with E-state index in [-0.39, 0.29) is 22.7 Å². The zero-order valence-corrected chi connectivity index (χ0v) is 24.9. The molecule has 2 aromatic carbocycles. The van der Waals surface area contributed by atoms with Gasteiger partial charge in [-0.25, -0.2) is 17.9 Å². The molecule has 4 aromatic rings. The SMILES string of the molecule is [2H]C([2H])([2H])OC1[C@H]([C@H](OCc2ccc(Br)cc2)C(=O)c2ccc(Cl)s2)OC(CO)[C@H](O)[C@@H]1n1cc(-c2cc(F)c(F)c(F)c2)nn1. The second-order valence-corrected chi connectivity index (χ2v) is 12.2. The van der Waals surface area contributed by atoms with Crippen molar-refractivity contribution in [2.75, 3.05) is 13.6 Å². The smallest absolute Gasteiger partial charge is 0.204 e. The molecule has 9 nitrogen and oxygen atoms in total. The quantitative estimate of drug-likeness (QED) is 0.175. The van der Waals surface area contributed by atoms with E-state index in [2.05, 4.69) is 26.2 Å². The first-order valence-corrected chi connectivity index (χ1v) is 14.6. The molecule has 1 aliphatic rings. The number of carbonyl (C=O) groups is 1. The van der Waals surface area contributed by atoms with Gasteiger partial charge in [-0.3, -0.25) is 4.79 Å². The summed E-state index contributed by atoms with van der Waals surface area (Å²) in [5, 5.41) is 29.2. The Balaban J connectivity index is 1.58. The van der Waals surface area contributed by atoms with Gasteiger partial charge in [0, 0.05) is 17.1 Å². The lowest BCUT2D eigenvalue weighted by Gasteiger charge is -2.45. The summed E-state index contributed by atoms with van der Waals surface area (Å²) >= 11 is 10.4. The van der Waals surface area contributed by atoms with Gasteiger partial charge < -0.3 is 24.4 Å². The van der Waals surface area contributed by atoms with E-state index in [1.165, 1.54) is 12.1 Å². The molecule has 0 bridgehead atoms. The van der Waals surface area contributed by atoms with E-state index < -0.39 is 73.4 Å². The third kappa shape index (κ3) is 6.71. The number of Topliss-reactive ketones (excluding diaryl/α,β-unsaturated/α-hetero) is 1. The number of halogens is 5. The van der Waals surface area contributed by atoms with Crippen LogP contribution in [0.3, 0.4) is 0 Å². The maximum Gasteiger partial charge on any atom is 0.204 e. The maximum atomic E-state index is 14.0. The molecule has 228 valence electrons. The largest absolute Gasteiger partial charge is 0.394 e. The molecule has 0 spiro atoms. The fraction of sp³-hybridized carbons (Fsp3) is 0.321. The number of hydrogen-bond donors (Lipinski definition) is 2. The molecule has 2 unspecified atom stereocenters. The van der Waals surface area contributed by atoms with E-state index in [4.69, 9.17) is 29.9 Å². The Morgan fingerprint density at radius 2 is 1.95 bits per heavy atom. The highest BCUT2D eigenvalue weighted by Crippen LogP contribution is 2.36. The van der Waals surface area contributed by atoms with Crippen LogP contribution in [0.5, 0.6) is 0 Å². The number of aromatic nitrogens is 3. The van der Waals surface area contributed by atoms with Crippen LogP contribution in [0.15, 0.2) is 59.2 Å². The third-order valence-corrected chi connectivity index (χ3v) is 8.62. The first-order chi connectivity index (χ1) is 21.8. The summed E-state index contributed by atoms with van der Waals surface area (Å²) in [5.74, 6) is -5.32. The van der Waals surface area contributed by atoms with Crippen molar-refractivity contribution < 1.29 is 46.5 Å². The molecular weight excluding hydrogens is 679 g/mol. The summed E-state index contributed by atoms with van der Waals surface area (Å²) in [4.78, 5) is 14.1. The lowest BCUT2D eigenvalue weighted by molar-refractivity contribution is -0.235. The van der Waals surface area contributed by atoms with Gasteiger partial charge in [-0.05, 0) is 42.0 Å². The molecule has 1 aliphatic heterocycles. The maximum absolute atomic E-state index is 14.0. The zero-order valence-electron chi connectivity index (χ0n) is 24.7. The second-order valence-electron chi connectivity index (χ2n) is 9.55. The van der Waals surface area contributed by atoms with Crippen molar-refractivity contribution in [3.05, 3.63) is 91.4 Å². The molecule has 1 fully saturated rings. The highest BCUT2D eigenvalue weighted by atomic mass is 79.9. The van der Waals surface area contributed by atoms with Gasteiger partial charge in [0.2, 0.25) is 5.78 Å². The van der Waals surface area contributed by atoms with Gasteiger partial charge in [0.1, 0.15) is 36.2 Å². The molecular formula is C28H24BrClF3N3O6S. The Labute approximate surface area is 265 Å². The predicted molar refractivity (Wildman–Crippen MR) is 153 cm³/mol. The first kappa shape index (κ1) is 27.8. The number of ether oxygens (including phenoxy) is 3. The van der Waals surface area contributed by atoms with Crippen LogP contribution in [0.2, 0.25) is 4.34 Å². The van der Waals surface area contributed by atoms with Gasteiger partial charge >= 0.3 is 0 Å². The predicted octanol–water partition coefficient (Wildman–Crippen LogP) is 4.98. The van der Waals surface area contributed by atoms with E-state index in [0.29, 0.717) is 22.0 Å². The minimum atomic E-state index is -3.12. The Bertz CT molecular complexity index is 1680. The van der Waals surface area contributed by atoms with Crippen molar-refractivity contribution in [3.63, 3.8) is 0 Å². The van der Waals surface area contributed by atoms with Crippen molar-refractivity contribution in [3.8, 4) is 11.3 Å². The first-order valence-electron chi connectivity index (χ1n) is 14.1. The fourth-order valence-corrected chi connectivity index (χ4v) is 6.01. The summed E-state index contributed by atoms with van der Waals surface area (Å²) in [6.45, 7) is -0.932. The van der Waals surface area contributed by atoms with Crippen molar-refractivity contribution in [2.24, 2.45) is 0 Å². The van der Waals surface area contributed by atoms with Crippen LogP contribution in [-0.4, -0.2) is 75.2 Å². The fourth-order valence-electron chi connectivity index (χ4n) is 4.74. The van der Waals surface area contributed by atoms with E-state index in [1.54, 1.807) is 24.3 Å². The van der Waals surface area contributed by atoms with Crippen molar-refractivity contribution in [1.29, 1.82) is 0 Å². The van der Waals surface area contributed by atoms with E-state index in [9.17, 15) is 28.2 Å². The molecule has 15 heteroatoms. The minimum absolute atomic E-state index is 0.144. The molecule has 5 rings (SSSR count). The number of ketones is 1. The Kier molecular flexibility index (Phi) is 8.75. The standard InChI is InChI=1S/C28H24BrClF3N3O6S/c1-40-26-23(36-10-18(34-35-36)14-8-16(31)22(33)17(32)9-14)24(38)19(11-37)42-28(26)27(25(39)20-6-7-21(30)43-20)41-12-13-2-4-15(29)5-3-13/h2-10,19,23-24,26-28,37-38H,11-12H2,1H3/t19?,23-,24-,26?,27+,28+/m0/s1/i1D3. The van der Waals surface area contributed by atoms with Crippen LogP contribution >= 0.6 is 38.9 Å². The number of hydrogen-bond acceptors (Lipinski definition) is 9. The zero-order chi connectivity index (χ0) is 33.3. The van der Waals surface area contributed by atoms with Gasteiger partial charge in [-0.2, -0.15) is 0 Å². The summed E-state index contributed by atoms with van der Waals surface area (Å²) in [7, 11) is -3.12. The number of aliphatic hydroxyl groups is 2. The minimum Gasteiger partial charge on any atom is -0.394 e. The number of nitrogens with zero attached hydrogens (tertiary/aromatic N) is 3. The van der Waals surface area contributed by atoms with Gasteiger partial charge in [0.25, 0.3) is 0 Å². The number of methoxy groups -OCH3 is 1. The summed E-state index contributed by atoms with van der Waals surface area (Å²) in [5.41, 5.74) is 0.256. The average molecular weight is 706 g/mol. The van der Waals surface area contributed by atoms with E-state index in [0.717, 1.165) is 26.7 Å². The van der Waals surface area contributed by atoms with Gasteiger partial charge in [-0.15, -0.1) is 16.4 Å². The van der Waals surface area contributed by atoms with Crippen LogP contribution in [-0.2, 0) is 20.8 Å². The molecule has 2 aromatic heterocycles. The van der Waals surface area contributed by atoms with E-state index in [1.807, 2.05) is 0 Å².